The third-order valence-corrected chi connectivity index (χ3v) is 5.80. The molecule has 7 nitrogen and oxygen atoms in total. The highest BCUT2D eigenvalue weighted by molar-refractivity contribution is 7.88. The van der Waals surface area contributed by atoms with E-state index in [1.807, 2.05) is 0 Å². The zero-order valence-corrected chi connectivity index (χ0v) is 16.0. The van der Waals surface area contributed by atoms with Crippen molar-refractivity contribution < 1.29 is 22.7 Å². The van der Waals surface area contributed by atoms with Gasteiger partial charge in [-0.2, -0.15) is 4.31 Å². The van der Waals surface area contributed by atoms with Gasteiger partial charge < -0.3 is 10.1 Å². The Kier molecular flexibility index (Phi) is 7.16. The lowest BCUT2D eigenvalue weighted by Crippen LogP contribution is -2.44. The van der Waals surface area contributed by atoms with Crippen molar-refractivity contribution in [3.63, 3.8) is 0 Å². The minimum atomic E-state index is -3.50. The molecular weight excluding hydrogens is 356 g/mol. The molecule has 1 aliphatic rings. The summed E-state index contributed by atoms with van der Waals surface area (Å²) in [5.74, 6) is -0.931. The smallest absolute Gasteiger partial charge is 0.337 e. The Morgan fingerprint density at radius 2 is 1.85 bits per heavy atom. The Balaban J connectivity index is 2.08. The van der Waals surface area contributed by atoms with Crippen molar-refractivity contribution in [2.45, 2.75) is 44.6 Å². The van der Waals surface area contributed by atoms with Crippen LogP contribution >= 0.6 is 0 Å². The quantitative estimate of drug-likeness (QED) is 0.602. The molecule has 0 radical (unpaired) electrons. The van der Waals surface area contributed by atoms with Crippen LogP contribution in [0, 0.1) is 0 Å². The molecule has 1 amide bonds. The van der Waals surface area contributed by atoms with Gasteiger partial charge >= 0.3 is 5.97 Å². The van der Waals surface area contributed by atoms with Gasteiger partial charge in [0.15, 0.2) is 0 Å². The van der Waals surface area contributed by atoms with Crippen LogP contribution in [-0.4, -0.2) is 50.6 Å². The lowest BCUT2D eigenvalue weighted by Gasteiger charge is -2.28. The molecule has 144 valence electrons. The second-order valence-corrected chi connectivity index (χ2v) is 8.51. The number of hydrogen-bond donors (Lipinski definition) is 1. The molecule has 0 aromatic heterocycles. The van der Waals surface area contributed by atoms with Crippen LogP contribution in [0.15, 0.2) is 24.3 Å². The maximum Gasteiger partial charge on any atom is 0.337 e. The van der Waals surface area contributed by atoms with Crippen molar-refractivity contribution in [1.82, 2.24) is 4.31 Å². The van der Waals surface area contributed by atoms with Gasteiger partial charge in [0, 0.05) is 11.7 Å². The summed E-state index contributed by atoms with van der Waals surface area (Å²) in [5, 5.41) is 2.67. The zero-order valence-electron chi connectivity index (χ0n) is 15.2. The molecule has 26 heavy (non-hydrogen) atoms. The number of anilines is 1. The summed E-state index contributed by atoms with van der Waals surface area (Å²) >= 11 is 0. The number of esters is 1. The lowest BCUT2D eigenvalue weighted by atomic mass is 10.1. The highest BCUT2D eigenvalue weighted by atomic mass is 32.2. The SMILES string of the molecule is COC(=O)c1cccc(NC(=O)CN(C2CCCCCC2)S(C)(=O)=O)c1. The van der Waals surface area contributed by atoms with E-state index in [2.05, 4.69) is 10.1 Å². The summed E-state index contributed by atoms with van der Waals surface area (Å²) in [6, 6.07) is 6.21. The summed E-state index contributed by atoms with van der Waals surface area (Å²) < 4.78 is 30.4. The summed E-state index contributed by atoms with van der Waals surface area (Å²) in [6.07, 6.45) is 6.83. The number of amides is 1. The fourth-order valence-electron chi connectivity index (χ4n) is 3.25. The van der Waals surface area contributed by atoms with E-state index >= 15 is 0 Å². The topological polar surface area (TPSA) is 92.8 Å². The molecule has 2 rings (SSSR count). The third kappa shape index (κ3) is 5.81. The maximum absolute atomic E-state index is 12.4. The Labute approximate surface area is 154 Å². The Morgan fingerprint density at radius 3 is 2.42 bits per heavy atom. The number of hydrogen-bond acceptors (Lipinski definition) is 5. The van der Waals surface area contributed by atoms with Gasteiger partial charge in [0.05, 0.1) is 25.5 Å². The average Bonchev–Trinajstić information content (AvgIpc) is 2.87. The predicted molar refractivity (Wildman–Crippen MR) is 99.5 cm³/mol. The van der Waals surface area contributed by atoms with E-state index in [4.69, 9.17) is 0 Å². The lowest BCUT2D eigenvalue weighted by molar-refractivity contribution is -0.116. The number of carbonyl (C=O) groups excluding carboxylic acids is 2. The third-order valence-electron chi connectivity index (χ3n) is 4.52. The minimum Gasteiger partial charge on any atom is -0.465 e. The second kappa shape index (κ2) is 9.14. The molecule has 0 spiro atoms. The first-order chi connectivity index (χ1) is 12.3. The molecular formula is C18H26N2O5S. The van der Waals surface area contributed by atoms with Crippen molar-refractivity contribution in [2.75, 3.05) is 25.2 Å². The van der Waals surface area contributed by atoms with Crippen LogP contribution in [0.2, 0.25) is 0 Å². The summed E-state index contributed by atoms with van der Waals surface area (Å²) in [5.41, 5.74) is 0.737. The standard InChI is InChI=1S/C18H26N2O5S/c1-25-18(22)14-8-7-9-15(12-14)19-17(21)13-20(26(2,23)24)16-10-5-3-4-6-11-16/h7-9,12,16H,3-6,10-11,13H2,1-2H3,(H,19,21). The fraction of sp³-hybridized carbons (Fsp3) is 0.556. The first-order valence-corrected chi connectivity index (χ1v) is 10.6. The van der Waals surface area contributed by atoms with Crippen LogP contribution in [0.4, 0.5) is 5.69 Å². The van der Waals surface area contributed by atoms with E-state index < -0.39 is 21.9 Å². The van der Waals surface area contributed by atoms with Crippen molar-refractivity contribution in [3.8, 4) is 0 Å². The van der Waals surface area contributed by atoms with Gasteiger partial charge in [-0.3, -0.25) is 4.79 Å². The molecule has 0 saturated heterocycles. The molecule has 1 aromatic rings. The molecule has 1 aromatic carbocycles. The van der Waals surface area contributed by atoms with Gasteiger partial charge in [0.2, 0.25) is 15.9 Å². The number of nitrogens with zero attached hydrogens (tertiary/aromatic N) is 1. The summed E-state index contributed by atoms with van der Waals surface area (Å²) in [6.45, 7) is -0.230. The molecule has 1 N–H and O–H groups in total. The van der Waals surface area contributed by atoms with Crippen LogP contribution in [0.5, 0.6) is 0 Å². The van der Waals surface area contributed by atoms with Gasteiger partial charge in [0.25, 0.3) is 0 Å². The van der Waals surface area contributed by atoms with E-state index in [0.717, 1.165) is 44.8 Å². The number of ether oxygens (including phenoxy) is 1. The van der Waals surface area contributed by atoms with E-state index in [0.29, 0.717) is 11.3 Å². The predicted octanol–water partition coefficient (Wildman–Crippen LogP) is 2.40. The molecule has 1 aliphatic carbocycles. The molecule has 0 heterocycles. The minimum absolute atomic E-state index is 0.139. The molecule has 0 bridgehead atoms. The molecule has 1 fully saturated rings. The Morgan fingerprint density at radius 1 is 1.19 bits per heavy atom. The van der Waals surface area contributed by atoms with Crippen molar-refractivity contribution in [3.05, 3.63) is 29.8 Å². The summed E-state index contributed by atoms with van der Waals surface area (Å²) in [7, 11) is -2.21. The second-order valence-electron chi connectivity index (χ2n) is 6.57. The highest BCUT2D eigenvalue weighted by Gasteiger charge is 2.29. The van der Waals surface area contributed by atoms with Crippen LogP contribution in [0.3, 0.4) is 0 Å². The van der Waals surface area contributed by atoms with Gasteiger partial charge in [-0.25, -0.2) is 13.2 Å². The van der Waals surface area contributed by atoms with Crippen LogP contribution in [-0.2, 0) is 19.6 Å². The fourth-order valence-corrected chi connectivity index (χ4v) is 4.35. The largest absolute Gasteiger partial charge is 0.465 e. The zero-order chi connectivity index (χ0) is 19.2. The first-order valence-electron chi connectivity index (χ1n) is 8.76. The van der Waals surface area contributed by atoms with E-state index in [1.54, 1.807) is 18.2 Å². The van der Waals surface area contributed by atoms with Crippen LogP contribution in [0.1, 0.15) is 48.9 Å². The number of carbonyl (C=O) groups is 2. The van der Waals surface area contributed by atoms with Gasteiger partial charge in [-0.15, -0.1) is 0 Å². The molecule has 1 saturated carbocycles. The number of nitrogens with one attached hydrogen (secondary N) is 1. The van der Waals surface area contributed by atoms with E-state index in [9.17, 15) is 18.0 Å². The van der Waals surface area contributed by atoms with Gasteiger partial charge in [0.1, 0.15) is 0 Å². The van der Waals surface area contributed by atoms with E-state index in [1.165, 1.54) is 17.5 Å². The van der Waals surface area contributed by atoms with Crippen molar-refractivity contribution in [2.24, 2.45) is 0 Å². The van der Waals surface area contributed by atoms with Crippen LogP contribution < -0.4 is 5.32 Å². The molecule has 0 unspecified atom stereocenters. The number of sulfonamides is 1. The number of methoxy groups -OCH3 is 1. The molecule has 0 aliphatic heterocycles. The van der Waals surface area contributed by atoms with Gasteiger partial charge in [-0.05, 0) is 31.0 Å². The highest BCUT2D eigenvalue weighted by Crippen LogP contribution is 2.23. The summed E-state index contributed by atoms with van der Waals surface area (Å²) in [4.78, 5) is 24.0. The maximum atomic E-state index is 12.4. The Bertz CT molecular complexity index is 740. The first kappa shape index (κ1) is 20.4. The molecule has 0 atom stereocenters. The van der Waals surface area contributed by atoms with Crippen LogP contribution in [0.25, 0.3) is 0 Å². The molecule has 8 heteroatoms. The van der Waals surface area contributed by atoms with Crippen molar-refractivity contribution >= 4 is 27.6 Å². The Hall–Kier alpha value is -1.93. The normalized spacial score (nSPS) is 16.1. The van der Waals surface area contributed by atoms with E-state index in [-0.39, 0.29) is 12.6 Å². The van der Waals surface area contributed by atoms with Gasteiger partial charge in [-0.1, -0.05) is 31.7 Å². The monoisotopic (exact) mass is 382 g/mol. The average molecular weight is 382 g/mol. The number of rotatable bonds is 6. The number of benzene rings is 1. The van der Waals surface area contributed by atoms with Crippen molar-refractivity contribution in [1.29, 1.82) is 0 Å².